The van der Waals surface area contributed by atoms with E-state index in [1.54, 1.807) is 0 Å². The molecule has 0 aromatic carbocycles. The average Bonchev–Trinajstić information content (AvgIpc) is 2.25. The topological polar surface area (TPSA) is 76.1 Å². The molecule has 0 amide bonds. The van der Waals surface area contributed by atoms with Crippen molar-refractivity contribution in [3.63, 3.8) is 0 Å². The third-order valence-electron chi connectivity index (χ3n) is 2.39. The van der Waals surface area contributed by atoms with Gasteiger partial charge in [-0.3, -0.25) is 4.18 Å². The van der Waals surface area contributed by atoms with Gasteiger partial charge in [-0.1, -0.05) is 0 Å². The fraction of sp³-hybridized carbons (Fsp3) is 1.00. The molecular weight excluding hydrogens is 278 g/mol. The van der Waals surface area contributed by atoms with Crippen molar-refractivity contribution in [3.8, 4) is 0 Å². The van der Waals surface area contributed by atoms with Crippen molar-refractivity contribution in [2.45, 2.75) is 18.4 Å². The number of nitrogens with zero attached hydrogens (tertiary/aromatic N) is 1. The zero-order valence-corrected chi connectivity index (χ0v) is 10.4. The number of morpholine rings is 1. The Balaban J connectivity index is 2.49. The molecule has 0 aromatic rings. The Morgan fingerprint density at radius 2 is 2.17 bits per heavy atom. The first-order valence-corrected chi connectivity index (χ1v) is 6.54. The lowest BCUT2D eigenvalue weighted by Crippen LogP contribution is -2.50. The third kappa shape index (κ3) is 4.09. The molecule has 1 fully saturated rings. The molecule has 0 aromatic heterocycles. The van der Waals surface area contributed by atoms with Crippen LogP contribution in [0.5, 0.6) is 0 Å². The van der Waals surface area contributed by atoms with Crippen LogP contribution < -0.4 is 0 Å². The van der Waals surface area contributed by atoms with Gasteiger partial charge in [0.2, 0.25) is 0 Å². The molecule has 1 rings (SSSR count). The van der Waals surface area contributed by atoms with E-state index < -0.39 is 35.4 Å². The largest absolute Gasteiger partial charge is 0.523 e. The van der Waals surface area contributed by atoms with Gasteiger partial charge < -0.3 is 14.6 Å². The van der Waals surface area contributed by atoms with Gasteiger partial charge >= 0.3 is 22.7 Å². The number of hydrogen-bond donors (Lipinski definition) is 1. The maximum absolute atomic E-state index is 12.0. The minimum absolute atomic E-state index is 0.102. The summed E-state index contributed by atoms with van der Waals surface area (Å²) in [5, 5.41) is 9.28. The van der Waals surface area contributed by atoms with Gasteiger partial charge in [0.15, 0.2) is 0 Å². The van der Waals surface area contributed by atoms with Crippen molar-refractivity contribution in [2.75, 3.05) is 26.3 Å². The molecule has 1 aliphatic rings. The predicted octanol–water partition coefficient (Wildman–Crippen LogP) is -0.336. The van der Waals surface area contributed by atoms with E-state index in [0.29, 0.717) is 6.54 Å². The summed E-state index contributed by atoms with van der Waals surface area (Å²) in [6, 6.07) is 0. The predicted molar refractivity (Wildman–Crippen MR) is 56.1 cm³/mol. The summed E-state index contributed by atoms with van der Waals surface area (Å²) in [5.74, 6) is 0. The quantitative estimate of drug-likeness (QED) is 0.434. The van der Waals surface area contributed by atoms with Gasteiger partial charge in [-0.25, -0.2) is 0 Å². The Morgan fingerprint density at radius 3 is 2.67 bits per heavy atom. The van der Waals surface area contributed by atoms with Gasteiger partial charge in [-0.2, -0.15) is 21.6 Å². The Kier molecular flexibility index (Phi) is 5.01. The van der Waals surface area contributed by atoms with Gasteiger partial charge in [0.1, 0.15) is 0 Å². The SMILES string of the molecule is CB(O)N1CCO[C@H](COS(=O)(=O)C(F)(F)F)C1. The Labute approximate surface area is 103 Å². The highest BCUT2D eigenvalue weighted by Crippen LogP contribution is 2.25. The Hall–Kier alpha value is -0.355. The van der Waals surface area contributed by atoms with Crippen LogP contribution in [0.25, 0.3) is 0 Å². The molecule has 6 nitrogen and oxygen atoms in total. The second kappa shape index (κ2) is 5.74. The van der Waals surface area contributed by atoms with Crippen LogP contribution in [-0.4, -0.2) is 63.2 Å². The molecule has 11 heteroatoms. The van der Waals surface area contributed by atoms with Gasteiger partial charge in [-0.05, 0) is 6.82 Å². The minimum atomic E-state index is -5.60. The molecule has 1 atom stereocenters. The molecule has 1 saturated heterocycles. The van der Waals surface area contributed by atoms with Gasteiger partial charge in [-0.15, -0.1) is 0 Å². The van der Waals surface area contributed by atoms with Crippen molar-refractivity contribution in [2.24, 2.45) is 0 Å². The maximum atomic E-state index is 12.0. The summed E-state index contributed by atoms with van der Waals surface area (Å²) in [7, 11) is -6.38. The highest BCUT2D eigenvalue weighted by molar-refractivity contribution is 7.87. The van der Waals surface area contributed by atoms with Gasteiger partial charge in [0, 0.05) is 13.1 Å². The molecule has 1 N–H and O–H groups in total. The summed E-state index contributed by atoms with van der Waals surface area (Å²) in [5.41, 5.74) is -5.44. The maximum Gasteiger partial charge on any atom is 0.523 e. The highest BCUT2D eigenvalue weighted by atomic mass is 32.2. The smallest absolute Gasteiger partial charge is 0.437 e. The number of halogens is 3. The van der Waals surface area contributed by atoms with E-state index in [9.17, 15) is 26.6 Å². The molecule has 0 radical (unpaired) electrons. The highest BCUT2D eigenvalue weighted by Gasteiger charge is 2.47. The summed E-state index contributed by atoms with van der Waals surface area (Å²) < 4.78 is 66.2. The normalized spacial score (nSPS) is 23.1. The van der Waals surface area contributed by atoms with Crippen LogP contribution in [0.2, 0.25) is 6.82 Å². The summed E-state index contributed by atoms with van der Waals surface area (Å²) >= 11 is 0. The van der Waals surface area contributed by atoms with Crippen LogP contribution in [0.3, 0.4) is 0 Å². The van der Waals surface area contributed by atoms with Gasteiger partial charge in [0.05, 0.1) is 19.3 Å². The zero-order valence-electron chi connectivity index (χ0n) is 9.55. The standard InChI is InChI=1S/C7H13BF3NO5S/c1-8(13)12-2-3-16-6(4-12)5-17-18(14,15)7(9,10)11/h6,13H,2-5H2,1H3/t6-/m0/s1. The summed E-state index contributed by atoms with van der Waals surface area (Å²) in [4.78, 5) is 1.54. The molecule has 1 aliphatic heterocycles. The Bertz CT molecular complexity index is 374. The van der Waals surface area contributed by atoms with Crippen LogP contribution in [0.15, 0.2) is 0 Å². The van der Waals surface area contributed by atoms with Crippen LogP contribution in [0.4, 0.5) is 13.2 Å². The number of alkyl halides is 3. The minimum Gasteiger partial charge on any atom is -0.437 e. The second-order valence-electron chi connectivity index (χ2n) is 3.80. The molecule has 0 bridgehead atoms. The van der Waals surface area contributed by atoms with E-state index in [1.807, 2.05) is 0 Å². The van der Waals surface area contributed by atoms with E-state index in [4.69, 9.17) is 4.74 Å². The van der Waals surface area contributed by atoms with Crippen molar-refractivity contribution < 1.29 is 35.5 Å². The van der Waals surface area contributed by atoms with E-state index in [-0.39, 0.29) is 13.2 Å². The molecule has 106 valence electrons. The zero-order chi connectivity index (χ0) is 14.0. The first-order valence-electron chi connectivity index (χ1n) is 5.13. The first-order chi connectivity index (χ1) is 8.13. The molecule has 0 aliphatic carbocycles. The van der Waals surface area contributed by atoms with E-state index in [1.165, 1.54) is 11.6 Å². The summed E-state index contributed by atoms with van der Waals surface area (Å²) in [6.45, 7) is 1.47. The molecule has 0 unspecified atom stereocenters. The second-order valence-corrected chi connectivity index (χ2v) is 5.41. The van der Waals surface area contributed by atoms with Crippen LogP contribution in [-0.2, 0) is 19.0 Å². The number of hydrogen-bond acceptors (Lipinski definition) is 6. The number of rotatable bonds is 4. The van der Waals surface area contributed by atoms with Crippen molar-refractivity contribution in [1.29, 1.82) is 0 Å². The van der Waals surface area contributed by atoms with E-state index >= 15 is 0 Å². The van der Waals surface area contributed by atoms with Crippen molar-refractivity contribution in [1.82, 2.24) is 4.81 Å². The molecule has 1 heterocycles. The Morgan fingerprint density at radius 1 is 1.56 bits per heavy atom. The summed E-state index contributed by atoms with van der Waals surface area (Å²) in [6.07, 6.45) is -0.828. The van der Waals surface area contributed by atoms with Crippen molar-refractivity contribution in [3.05, 3.63) is 0 Å². The lowest BCUT2D eigenvalue weighted by molar-refractivity contribution is -0.0642. The lowest BCUT2D eigenvalue weighted by atomic mass is 9.84. The number of ether oxygens (including phenoxy) is 1. The van der Waals surface area contributed by atoms with E-state index in [2.05, 4.69) is 4.18 Å². The van der Waals surface area contributed by atoms with E-state index in [0.717, 1.165) is 0 Å². The average molecular weight is 291 g/mol. The third-order valence-corrected chi connectivity index (χ3v) is 3.40. The monoisotopic (exact) mass is 291 g/mol. The van der Waals surface area contributed by atoms with Gasteiger partial charge in [0.25, 0.3) is 0 Å². The molecule has 0 spiro atoms. The lowest BCUT2D eigenvalue weighted by Gasteiger charge is -2.33. The van der Waals surface area contributed by atoms with Crippen LogP contribution in [0.1, 0.15) is 0 Å². The first kappa shape index (κ1) is 15.7. The van der Waals surface area contributed by atoms with Crippen LogP contribution in [0, 0.1) is 0 Å². The molecular formula is C7H13BF3NO5S. The molecule has 0 saturated carbocycles. The fourth-order valence-electron chi connectivity index (χ4n) is 1.41. The van der Waals surface area contributed by atoms with Crippen molar-refractivity contribution >= 4 is 17.2 Å². The van der Waals surface area contributed by atoms with Crippen LogP contribution >= 0.6 is 0 Å². The fourth-order valence-corrected chi connectivity index (χ4v) is 1.88. The molecule has 18 heavy (non-hydrogen) atoms.